The van der Waals surface area contributed by atoms with Crippen LogP contribution in [0.5, 0.6) is 0 Å². The van der Waals surface area contributed by atoms with Crippen LogP contribution in [0, 0.1) is 0 Å². The van der Waals surface area contributed by atoms with E-state index in [1.165, 1.54) is 16.0 Å². The van der Waals surface area contributed by atoms with Crippen molar-refractivity contribution < 1.29 is 0 Å². The number of para-hydroxylation sites is 1. The van der Waals surface area contributed by atoms with Gasteiger partial charge >= 0.3 is 0 Å². The molecule has 0 bridgehead atoms. The summed E-state index contributed by atoms with van der Waals surface area (Å²) >= 11 is 1.51. The number of aromatic nitrogens is 3. The molecule has 3 rings (SSSR count). The lowest BCUT2D eigenvalue weighted by Crippen LogP contribution is -2.14. The number of benzene rings is 1. The first-order chi connectivity index (χ1) is 8.95. The molecule has 0 spiro atoms. The zero-order valence-electron chi connectivity index (χ0n) is 11.1. The first kappa shape index (κ1) is 12.2. The highest BCUT2D eigenvalue weighted by atomic mass is 32.1. The van der Waals surface area contributed by atoms with Crippen molar-refractivity contribution in [3.63, 3.8) is 0 Å². The van der Waals surface area contributed by atoms with Gasteiger partial charge in [0, 0.05) is 17.2 Å². The highest BCUT2D eigenvalue weighted by Crippen LogP contribution is 2.24. The van der Waals surface area contributed by atoms with Crippen molar-refractivity contribution in [1.29, 1.82) is 0 Å². The molecule has 2 heterocycles. The number of nitrogens with zero attached hydrogens (tertiary/aromatic N) is 2. The van der Waals surface area contributed by atoms with Crippen LogP contribution in [0.4, 0.5) is 0 Å². The highest BCUT2D eigenvalue weighted by Gasteiger charge is 2.19. The molecular formula is C14H15N3OS. The molecule has 4 nitrogen and oxygen atoms in total. The van der Waals surface area contributed by atoms with E-state index in [4.69, 9.17) is 0 Å². The van der Waals surface area contributed by atoms with Crippen molar-refractivity contribution in [2.75, 3.05) is 0 Å². The van der Waals surface area contributed by atoms with Gasteiger partial charge in [-0.3, -0.25) is 9.89 Å². The molecule has 0 aliphatic heterocycles. The lowest BCUT2D eigenvalue weighted by molar-refractivity contribution is 0.560. The van der Waals surface area contributed by atoms with Crippen LogP contribution >= 0.6 is 11.3 Å². The molecule has 5 heteroatoms. The Morgan fingerprint density at radius 1 is 1.26 bits per heavy atom. The quantitative estimate of drug-likeness (QED) is 0.740. The Hall–Kier alpha value is -1.88. The van der Waals surface area contributed by atoms with Crippen molar-refractivity contribution in [3.8, 4) is 5.13 Å². The topological polar surface area (TPSA) is 50.7 Å². The third kappa shape index (κ3) is 2.10. The minimum atomic E-state index is -0.0822. The van der Waals surface area contributed by atoms with E-state index in [1.807, 2.05) is 24.3 Å². The fourth-order valence-corrected chi connectivity index (χ4v) is 2.81. The van der Waals surface area contributed by atoms with E-state index in [9.17, 15) is 4.79 Å². The van der Waals surface area contributed by atoms with Gasteiger partial charge in [0.25, 0.3) is 5.56 Å². The Morgan fingerprint density at radius 3 is 2.63 bits per heavy atom. The molecule has 1 N–H and O–H groups in total. The number of nitrogens with one attached hydrogen (secondary N) is 1. The molecule has 0 aliphatic rings. The van der Waals surface area contributed by atoms with Gasteiger partial charge in [-0.15, -0.1) is 0 Å². The normalized spacial score (nSPS) is 12.2. The predicted molar refractivity (Wildman–Crippen MR) is 78.3 cm³/mol. The third-order valence-corrected chi connectivity index (χ3v) is 4.02. The lowest BCUT2D eigenvalue weighted by Gasteiger charge is -2.15. The largest absolute Gasteiger partial charge is 0.292 e. The summed E-state index contributed by atoms with van der Waals surface area (Å²) < 4.78 is 2.60. The average Bonchev–Trinajstić information content (AvgIpc) is 2.90. The molecule has 0 aliphatic carbocycles. The molecule has 0 saturated heterocycles. The van der Waals surface area contributed by atoms with Crippen molar-refractivity contribution >= 4 is 21.6 Å². The van der Waals surface area contributed by atoms with E-state index in [2.05, 4.69) is 30.9 Å². The number of thiazole rings is 1. The van der Waals surface area contributed by atoms with Gasteiger partial charge in [-0.05, 0) is 12.1 Å². The van der Waals surface area contributed by atoms with Crippen LogP contribution in [-0.2, 0) is 5.41 Å². The zero-order valence-corrected chi connectivity index (χ0v) is 11.9. The summed E-state index contributed by atoms with van der Waals surface area (Å²) in [5, 5.41) is 3.83. The average molecular weight is 273 g/mol. The molecular weight excluding hydrogens is 258 g/mol. The minimum absolute atomic E-state index is 0.0658. The molecule has 0 atom stereocenters. The van der Waals surface area contributed by atoms with Gasteiger partial charge in [-0.25, -0.2) is 4.98 Å². The first-order valence-electron chi connectivity index (χ1n) is 6.14. The van der Waals surface area contributed by atoms with Crippen LogP contribution in [0.15, 0.2) is 35.1 Å². The van der Waals surface area contributed by atoms with E-state index in [1.54, 1.807) is 6.07 Å². The number of H-pyrrole nitrogens is 1. The van der Waals surface area contributed by atoms with Crippen LogP contribution in [0.25, 0.3) is 15.3 Å². The van der Waals surface area contributed by atoms with Gasteiger partial charge in [-0.1, -0.05) is 44.2 Å². The smallest absolute Gasteiger partial charge is 0.273 e. The Bertz CT molecular complexity index is 756. The molecule has 2 aromatic heterocycles. The zero-order chi connectivity index (χ0) is 13.6. The standard InChI is InChI=1S/C14H15N3OS/c1-14(2,3)11-8-12(18)17(16-11)13-15-9-6-4-5-7-10(9)19-13/h4-8,16H,1-3H3. The number of hydrogen-bond donors (Lipinski definition) is 1. The van der Waals surface area contributed by atoms with Crippen LogP contribution in [0.3, 0.4) is 0 Å². The first-order valence-corrected chi connectivity index (χ1v) is 6.95. The molecule has 0 unspecified atom stereocenters. The van der Waals surface area contributed by atoms with Crippen LogP contribution in [0.2, 0.25) is 0 Å². The Kier molecular flexibility index (Phi) is 2.60. The monoisotopic (exact) mass is 273 g/mol. The summed E-state index contributed by atoms with van der Waals surface area (Å²) in [7, 11) is 0. The summed E-state index contributed by atoms with van der Waals surface area (Å²) in [5.41, 5.74) is 1.68. The summed E-state index contributed by atoms with van der Waals surface area (Å²) in [5.74, 6) is 0. The minimum Gasteiger partial charge on any atom is -0.292 e. The highest BCUT2D eigenvalue weighted by molar-refractivity contribution is 7.20. The molecule has 3 aromatic rings. The molecule has 0 radical (unpaired) electrons. The molecule has 19 heavy (non-hydrogen) atoms. The fraction of sp³-hybridized carbons (Fsp3) is 0.286. The summed E-state index contributed by atoms with van der Waals surface area (Å²) in [6, 6.07) is 9.53. The van der Waals surface area contributed by atoms with Gasteiger partial charge < -0.3 is 0 Å². The van der Waals surface area contributed by atoms with E-state index < -0.39 is 0 Å². The van der Waals surface area contributed by atoms with Crippen molar-refractivity contribution in [1.82, 2.24) is 14.8 Å². The van der Waals surface area contributed by atoms with E-state index in [-0.39, 0.29) is 11.0 Å². The molecule has 0 saturated carbocycles. The maximum Gasteiger partial charge on any atom is 0.273 e. The Morgan fingerprint density at radius 2 is 2.00 bits per heavy atom. The summed E-state index contributed by atoms with van der Waals surface area (Å²) in [6.45, 7) is 6.21. The van der Waals surface area contributed by atoms with Gasteiger partial charge in [-0.2, -0.15) is 4.68 Å². The second-order valence-electron chi connectivity index (χ2n) is 5.56. The third-order valence-electron chi connectivity index (χ3n) is 3.00. The number of aromatic amines is 1. The van der Waals surface area contributed by atoms with E-state index in [0.29, 0.717) is 5.13 Å². The van der Waals surface area contributed by atoms with Crippen LogP contribution in [-0.4, -0.2) is 14.8 Å². The van der Waals surface area contributed by atoms with E-state index in [0.717, 1.165) is 15.9 Å². The molecule has 1 aromatic carbocycles. The predicted octanol–water partition coefficient (Wildman–Crippen LogP) is 3.07. The maximum atomic E-state index is 12.1. The van der Waals surface area contributed by atoms with Crippen LogP contribution < -0.4 is 5.56 Å². The molecule has 0 fully saturated rings. The lowest BCUT2D eigenvalue weighted by atomic mass is 9.93. The Balaban J connectivity index is 2.16. The molecule has 98 valence electrons. The number of rotatable bonds is 1. The van der Waals surface area contributed by atoms with Crippen molar-refractivity contribution in [2.24, 2.45) is 0 Å². The summed E-state index contributed by atoms with van der Waals surface area (Å²) in [6.07, 6.45) is 0. The van der Waals surface area contributed by atoms with Crippen LogP contribution in [0.1, 0.15) is 26.5 Å². The SMILES string of the molecule is CC(C)(C)c1cc(=O)n(-c2nc3ccccc3s2)[nH]1. The molecule has 0 amide bonds. The van der Waals surface area contributed by atoms with Gasteiger partial charge in [0.15, 0.2) is 0 Å². The van der Waals surface area contributed by atoms with Crippen molar-refractivity contribution in [2.45, 2.75) is 26.2 Å². The number of fused-ring (bicyclic) bond motifs is 1. The fourth-order valence-electron chi connectivity index (χ4n) is 1.88. The second-order valence-corrected chi connectivity index (χ2v) is 6.57. The van der Waals surface area contributed by atoms with Crippen molar-refractivity contribution in [3.05, 3.63) is 46.4 Å². The van der Waals surface area contributed by atoms with Gasteiger partial charge in [0.2, 0.25) is 5.13 Å². The number of hydrogen-bond acceptors (Lipinski definition) is 3. The summed E-state index contributed by atoms with van der Waals surface area (Å²) in [4.78, 5) is 16.6. The van der Waals surface area contributed by atoms with E-state index >= 15 is 0 Å². The van der Waals surface area contributed by atoms with Gasteiger partial charge in [0.1, 0.15) is 0 Å². The second kappa shape index (κ2) is 4.06. The Labute approximate surface area is 114 Å². The van der Waals surface area contributed by atoms with Gasteiger partial charge in [0.05, 0.1) is 10.2 Å². The maximum absolute atomic E-state index is 12.1.